The molecular formula is C29H32N4OS3. The van der Waals surface area contributed by atoms with E-state index in [0.29, 0.717) is 21.6 Å². The smallest absolute Gasteiger partial charge is 0.238 e. The van der Waals surface area contributed by atoms with Crippen LogP contribution in [0.3, 0.4) is 0 Å². The molecule has 0 saturated heterocycles. The average molecular weight is 549 g/mol. The van der Waals surface area contributed by atoms with Crippen LogP contribution in [0.2, 0.25) is 0 Å². The quantitative estimate of drug-likeness (QED) is 0.216. The molecule has 5 nitrogen and oxygen atoms in total. The van der Waals surface area contributed by atoms with Gasteiger partial charge < -0.3 is 16.0 Å². The predicted molar refractivity (Wildman–Crippen MR) is 161 cm³/mol. The summed E-state index contributed by atoms with van der Waals surface area (Å²) in [4.78, 5) is 15.3. The van der Waals surface area contributed by atoms with E-state index in [2.05, 4.69) is 42.8 Å². The van der Waals surface area contributed by atoms with Gasteiger partial charge in [0, 0.05) is 21.1 Å². The first-order chi connectivity index (χ1) is 17.6. The SMILES string of the molecule is CC(Sc1cccc(NC(=S)Nc2ccccc2)c1)C(=O)Nc1sc2c(c1C#N)CCC(C(C)(C)C)C2. The monoisotopic (exact) mass is 548 g/mol. The van der Waals surface area contributed by atoms with E-state index in [0.717, 1.165) is 41.1 Å². The number of anilines is 3. The lowest BCUT2D eigenvalue weighted by atomic mass is 9.72. The van der Waals surface area contributed by atoms with Gasteiger partial charge in [-0.2, -0.15) is 5.26 Å². The molecule has 192 valence electrons. The number of fused-ring (bicyclic) bond motifs is 1. The van der Waals surface area contributed by atoms with Crippen molar-refractivity contribution in [1.82, 2.24) is 0 Å². The maximum absolute atomic E-state index is 13.1. The van der Waals surface area contributed by atoms with Crippen LogP contribution in [0.15, 0.2) is 59.5 Å². The summed E-state index contributed by atoms with van der Waals surface area (Å²) in [5, 5.41) is 20.1. The van der Waals surface area contributed by atoms with Gasteiger partial charge in [-0.15, -0.1) is 23.1 Å². The molecule has 37 heavy (non-hydrogen) atoms. The molecule has 0 saturated carbocycles. The van der Waals surface area contributed by atoms with Gasteiger partial charge in [-0.3, -0.25) is 4.79 Å². The summed E-state index contributed by atoms with van der Waals surface area (Å²) in [6.07, 6.45) is 2.95. The number of amides is 1. The molecule has 0 spiro atoms. The largest absolute Gasteiger partial charge is 0.332 e. The number of nitriles is 1. The third-order valence-electron chi connectivity index (χ3n) is 6.64. The molecule has 2 unspecified atom stereocenters. The van der Waals surface area contributed by atoms with Gasteiger partial charge in [-0.05, 0) is 85.6 Å². The fraction of sp³-hybridized carbons (Fsp3) is 0.345. The normalized spacial score (nSPS) is 15.7. The number of carbonyl (C=O) groups excluding carboxylic acids is 1. The highest BCUT2D eigenvalue weighted by atomic mass is 32.2. The van der Waals surface area contributed by atoms with E-state index in [1.807, 2.05) is 61.5 Å². The first-order valence-corrected chi connectivity index (χ1v) is 14.5. The molecule has 8 heteroatoms. The lowest BCUT2D eigenvalue weighted by molar-refractivity contribution is -0.115. The van der Waals surface area contributed by atoms with Crippen LogP contribution in [0, 0.1) is 22.7 Å². The number of nitrogens with zero attached hydrogens (tertiary/aromatic N) is 1. The second-order valence-corrected chi connectivity index (χ2v) is 13.3. The Kier molecular flexibility index (Phi) is 8.58. The van der Waals surface area contributed by atoms with Crippen molar-refractivity contribution in [2.45, 2.75) is 57.1 Å². The van der Waals surface area contributed by atoms with Crippen LogP contribution in [0.4, 0.5) is 16.4 Å². The Hall–Kier alpha value is -2.86. The topological polar surface area (TPSA) is 76.9 Å². The van der Waals surface area contributed by atoms with Crippen molar-refractivity contribution in [3.05, 3.63) is 70.6 Å². The van der Waals surface area contributed by atoms with Crippen LogP contribution in [0.1, 0.15) is 50.1 Å². The van der Waals surface area contributed by atoms with Crippen LogP contribution < -0.4 is 16.0 Å². The number of thiophene rings is 1. The predicted octanol–water partition coefficient (Wildman–Crippen LogP) is 7.70. The summed E-state index contributed by atoms with van der Waals surface area (Å²) in [6, 6.07) is 19.9. The summed E-state index contributed by atoms with van der Waals surface area (Å²) < 4.78 is 0. The summed E-state index contributed by atoms with van der Waals surface area (Å²) in [6.45, 7) is 8.72. The molecule has 0 bridgehead atoms. The van der Waals surface area contributed by atoms with Gasteiger partial charge in [0.15, 0.2) is 5.11 Å². The number of rotatable bonds is 6. The molecule has 1 amide bonds. The maximum atomic E-state index is 13.1. The number of para-hydroxylation sites is 1. The number of nitrogens with one attached hydrogen (secondary N) is 3. The van der Waals surface area contributed by atoms with E-state index in [4.69, 9.17) is 12.2 Å². The lowest BCUT2D eigenvalue weighted by Gasteiger charge is -2.33. The summed E-state index contributed by atoms with van der Waals surface area (Å²) in [5.41, 5.74) is 3.76. The highest BCUT2D eigenvalue weighted by Gasteiger charge is 2.32. The van der Waals surface area contributed by atoms with E-state index in [1.54, 1.807) is 11.3 Å². The molecule has 3 N–H and O–H groups in total. The fourth-order valence-corrected chi connectivity index (χ4v) is 6.91. The third kappa shape index (κ3) is 6.92. The fourth-order valence-electron chi connectivity index (χ4n) is 4.46. The zero-order valence-corrected chi connectivity index (χ0v) is 24.0. The Balaban J connectivity index is 1.38. The van der Waals surface area contributed by atoms with Gasteiger partial charge in [0.05, 0.1) is 10.8 Å². The van der Waals surface area contributed by atoms with Gasteiger partial charge in [0.2, 0.25) is 5.91 Å². The van der Waals surface area contributed by atoms with Gasteiger partial charge in [-0.1, -0.05) is 45.0 Å². The van der Waals surface area contributed by atoms with Crippen LogP contribution in [0.25, 0.3) is 0 Å². The van der Waals surface area contributed by atoms with E-state index in [-0.39, 0.29) is 16.6 Å². The van der Waals surface area contributed by atoms with Crippen molar-refractivity contribution < 1.29 is 4.79 Å². The first-order valence-electron chi connectivity index (χ1n) is 12.4. The Labute approximate surface area is 233 Å². The molecule has 4 rings (SSSR count). The molecule has 2 aromatic carbocycles. The third-order valence-corrected chi connectivity index (χ3v) is 9.11. The van der Waals surface area contributed by atoms with Gasteiger partial charge in [-0.25, -0.2) is 0 Å². The Morgan fingerprint density at radius 2 is 1.81 bits per heavy atom. The molecule has 1 aromatic heterocycles. The molecule has 0 radical (unpaired) electrons. The number of thiocarbonyl (C=S) groups is 1. The lowest BCUT2D eigenvalue weighted by Crippen LogP contribution is -2.26. The Morgan fingerprint density at radius 3 is 2.51 bits per heavy atom. The highest BCUT2D eigenvalue weighted by molar-refractivity contribution is 8.00. The molecule has 0 fully saturated rings. The Bertz CT molecular complexity index is 1320. The van der Waals surface area contributed by atoms with Gasteiger partial charge >= 0.3 is 0 Å². The second-order valence-electron chi connectivity index (χ2n) is 10.3. The van der Waals surface area contributed by atoms with E-state index < -0.39 is 0 Å². The zero-order valence-electron chi connectivity index (χ0n) is 21.6. The van der Waals surface area contributed by atoms with E-state index in [1.165, 1.54) is 16.6 Å². The van der Waals surface area contributed by atoms with Crippen molar-refractivity contribution in [2.75, 3.05) is 16.0 Å². The van der Waals surface area contributed by atoms with E-state index in [9.17, 15) is 10.1 Å². The minimum absolute atomic E-state index is 0.105. The minimum Gasteiger partial charge on any atom is -0.332 e. The summed E-state index contributed by atoms with van der Waals surface area (Å²) in [7, 11) is 0. The molecular weight excluding hydrogens is 517 g/mol. The Morgan fingerprint density at radius 1 is 1.11 bits per heavy atom. The van der Waals surface area contributed by atoms with E-state index >= 15 is 0 Å². The van der Waals surface area contributed by atoms with Crippen molar-refractivity contribution >= 4 is 62.7 Å². The average Bonchev–Trinajstić information content (AvgIpc) is 3.20. The van der Waals surface area contributed by atoms with Crippen molar-refractivity contribution in [2.24, 2.45) is 11.3 Å². The number of benzene rings is 2. The molecule has 2 atom stereocenters. The van der Waals surface area contributed by atoms with Crippen molar-refractivity contribution in [3.63, 3.8) is 0 Å². The second kappa shape index (κ2) is 11.7. The van der Waals surface area contributed by atoms with Crippen LogP contribution in [0.5, 0.6) is 0 Å². The summed E-state index contributed by atoms with van der Waals surface area (Å²) in [5.74, 6) is 0.479. The van der Waals surface area contributed by atoms with Crippen LogP contribution in [-0.2, 0) is 17.6 Å². The number of thioether (sulfide) groups is 1. The van der Waals surface area contributed by atoms with Gasteiger partial charge in [0.1, 0.15) is 11.1 Å². The molecule has 0 aliphatic heterocycles. The number of hydrogen-bond acceptors (Lipinski definition) is 5. The molecule has 1 aliphatic carbocycles. The molecule has 1 aliphatic rings. The van der Waals surface area contributed by atoms with Gasteiger partial charge in [0.25, 0.3) is 0 Å². The van der Waals surface area contributed by atoms with Crippen molar-refractivity contribution in [1.29, 1.82) is 5.26 Å². The summed E-state index contributed by atoms with van der Waals surface area (Å²) >= 11 is 8.48. The maximum Gasteiger partial charge on any atom is 0.238 e. The number of hydrogen-bond donors (Lipinski definition) is 3. The van der Waals surface area contributed by atoms with Crippen LogP contribution in [-0.4, -0.2) is 16.3 Å². The highest BCUT2D eigenvalue weighted by Crippen LogP contribution is 2.44. The first kappa shape index (κ1) is 27.2. The zero-order chi connectivity index (χ0) is 26.6. The minimum atomic E-state index is -0.336. The van der Waals surface area contributed by atoms with Crippen molar-refractivity contribution in [3.8, 4) is 6.07 Å². The number of carbonyl (C=O) groups is 1. The standard InChI is InChI=1S/C29H32N4OS3/c1-18(36-22-12-8-11-21(16-22)32-28(35)31-20-9-6-5-7-10-20)26(34)33-27-24(17-30)23-14-13-19(29(2,3)4)15-25(23)37-27/h5-12,16,18-19H,13-15H2,1-4H3,(H,33,34)(H2,31,32,35). The molecule has 1 heterocycles. The molecule has 3 aromatic rings. The van der Waals surface area contributed by atoms with Crippen LogP contribution >= 0.6 is 35.3 Å².